The van der Waals surface area contributed by atoms with Crippen LogP contribution in [0.15, 0.2) is 59.1 Å². The minimum Gasteiger partial charge on any atom is -0.489 e. The molecular weight excluding hydrogens is 566 g/mol. The second-order valence-corrected chi connectivity index (χ2v) is 11.5. The van der Waals surface area contributed by atoms with Crippen molar-refractivity contribution in [1.29, 1.82) is 0 Å². The van der Waals surface area contributed by atoms with Gasteiger partial charge in [-0.25, -0.2) is 14.2 Å². The van der Waals surface area contributed by atoms with Crippen LogP contribution in [0.1, 0.15) is 59.0 Å². The number of nitrogens with zero attached hydrogens (tertiary/aromatic N) is 3. The van der Waals surface area contributed by atoms with E-state index in [1.54, 1.807) is 12.1 Å². The first kappa shape index (κ1) is 27.4. The molecule has 4 aromatic rings. The molecule has 3 heterocycles. The maximum Gasteiger partial charge on any atom is 0.417 e. The zero-order valence-corrected chi connectivity index (χ0v) is 22.9. The van der Waals surface area contributed by atoms with E-state index in [1.807, 2.05) is 24.3 Å². The molecule has 0 radical (unpaired) electrons. The van der Waals surface area contributed by atoms with Crippen LogP contribution in [0.25, 0.3) is 28.2 Å². The fraction of sp³-hybridized carbons (Fsp3) is 0.344. The van der Waals surface area contributed by atoms with E-state index >= 15 is 0 Å². The molecule has 7 rings (SSSR count). The van der Waals surface area contributed by atoms with Crippen molar-refractivity contribution in [2.24, 2.45) is 5.92 Å². The van der Waals surface area contributed by atoms with Gasteiger partial charge in [0.15, 0.2) is 5.69 Å². The SMILES string of the molecule is O=C(O)c1cc(O[C@H]2C[C@H](F)C2)c2cc(N3CC(/C=C/c4c(-c5ccccc5C(F)(F)F)noc4C4CC4)C3)ccc2n1. The van der Waals surface area contributed by atoms with Crippen LogP contribution in [-0.2, 0) is 6.18 Å². The first-order valence-electron chi connectivity index (χ1n) is 14.2. The van der Waals surface area contributed by atoms with Gasteiger partial charge in [0.1, 0.15) is 29.5 Å². The molecule has 2 aliphatic carbocycles. The lowest BCUT2D eigenvalue weighted by Gasteiger charge is -2.40. The molecule has 43 heavy (non-hydrogen) atoms. The second kappa shape index (κ2) is 10.4. The number of anilines is 1. The van der Waals surface area contributed by atoms with Crippen LogP contribution >= 0.6 is 0 Å². The molecule has 3 aliphatic rings. The number of carboxylic acid groups (broad SMARTS) is 1. The van der Waals surface area contributed by atoms with Crippen molar-refractivity contribution in [2.45, 2.75) is 50.1 Å². The molecule has 0 atom stereocenters. The molecule has 0 spiro atoms. The number of carbonyl (C=O) groups is 1. The Bertz CT molecular complexity index is 1730. The van der Waals surface area contributed by atoms with Gasteiger partial charge in [0.05, 0.1) is 11.1 Å². The molecule has 2 saturated carbocycles. The molecule has 222 valence electrons. The summed E-state index contributed by atoms with van der Waals surface area (Å²) in [5.74, 6) is 0.123. The van der Waals surface area contributed by atoms with E-state index < -0.39 is 23.9 Å². The van der Waals surface area contributed by atoms with E-state index in [0.29, 0.717) is 41.1 Å². The highest BCUT2D eigenvalue weighted by molar-refractivity contribution is 5.94. The fourth-order valence-electron chi connectivity index (χ4n) is 5.68. The summed E-state index contributed by atoms with van der Waals surface area (Å²) >= 11 is 0. The number of benzene rings is 2. The Labute approximate surface area is 243 Å². The minimum absolute atomic E-state index is 0.00155. The molecule has 1 saturated heterocycles. The summed E-state index contributed by atoms with van der Waals surface area (Å²) in [5.41, 5.74) is 1.27. The van der Waals surface area contributed by atoms with Crippen molar-refractivity contribution < 1.29 is 36.7 Å². The van der Waals surface area contributed by atoms with Crippen LogP contribution in [0.5, 0.6) is 5.75 Å². The van der Waals surface area contributed by atoms with Gasteiger partial charge in [0, 0.05) is 66.0 Å². The molecule has 0 bridgehead atoms. The Morgan fingerprint density at radius 2 is 1.86 bits per heavy atom. The normalized spacial score (nSPS) is 20.8. The Hall–Kier alpha value is -4.41. The van der Waals surface area contributed by atoms with Crippen molar-refractivity contribution >= 4 is 28.6 Å². The van der Waals surface area contributed by atoms with Gasteiger partial charge in [-0.1, -0.05) is 35.5 Å². The largest absolute Gasteiger partial charge is 0.489 e. The van der Waals surface area contributed by atoms with Crippen molar-refractivity contribution in [3.05, 3.63) is 77.2 Å². The molecular formula is C32H27F4N3O4. The van der Waals surface area contributed by atoms with Gasteiger partial charge in [0.2, 0.25) is 0 Å². The van der Waals surface area contributed by atoms with E-state index in [4.69, 9.17) is 9.26 Å². The second-order valence-electron chi connectivity index (χ2n) is 11.5. The average Bonchev–Trinajstić information content (AvgIpc) is 3.70. The molecule has 1 aliphatic heterocycles. The number of aromatic nitrogens is 2. The van der Waals surface area contributed by atoms with Gasteiger partial charge in [-0.05, 0) is 37.1 Å². The quantitative estimate of drug-likeness (QED) is 0.212. The number of halogens is 4. The van der Waals surface area contributed by atoms with Crippen LogP contribution in [-0.4, -0.2) is 46.6 Å². The van der Waals surface area contributed by atoms with E-state index in [0.717, 1.165) is 24.6 Å². The van der Waals surface area contributed by atoms with Crippen molar-refractivity contribution in [3.63, 3.8) is 0 Å². The van der Waals surface area contributed by atoms with Crippen LogP contribution < -0.4 is 9.64 Å². The van der Waals surface area contributed by atoms with E-state index in [1.165, 1.54) is 18.2 Å². The molecule has 2 aromatic carbocycles. The zero-order valence-electron chi connectivity index (χ0n) is 22.9. The summed E-state index contributed by atoms with van der Waals surface area (Å²) in [4.78, 5) is 18.0. The van der Waals surface area contributed by atoms with Gasteiger partial charge in [-0.3, -0.25) is 0 Å². The first-order valence-corrected chi connectivity index (χ1v) is 14.2. The van der Waals surface area contributed by atoms with Gasteiger partial charge >= 0.3 is 12.1 Å². The smallest absolute Gasteiger partial charge is 0.417 e. The Kier molecular flexibility index (Phi) is 6.63. The number of hydrogen-bond donors (Lipinski definition) is 1. The maximum absolute atomic E-state index is 13.8. The predicted octanol–water partition coefficient (Wildman–Crippen LogP) is 7.51. The first-order chi connectivity index (χ1) is 20.6. The maximum atomic E-state index is 13.8. The number of hydrogen-bond acceptors (Lipinski definition) is 6. The van der Waals surface area contributed by atoms with E-state index in [-0.39, 0.29) is 47.7 Å². The fourth-order valence-corrected chi connectivity index (χ4v) is 5.68. The highest BCUT2D eigenvalue weighted by atomic mass is 19.4. The summed E-state index contributed by atoms with van der Waals surface area (Å²) in [6.07, 6.45) is 0.465. The summed E-state index contributed by atoms with van der Waals surface area (Å²) < 4.78 is 66.2. The molecule has 2 aromatic heterocycles. The van der Waals surface area contributed by atoms with Gasteiger partial charge < -0.3 is 19.3 Å². The molecule has 1 N–H and O–H groups in total. The predicted molar refractivity (Wildman–Crippen MR) is 151 cm³/mol. The lowest BCUT2D eigenvalue weighted by Crippen LogP contribution is -2.45. The lowest BCUT2D eigenvalue weighted by atomic mass is 9.93. The zero-order chi connectivity index (χ0) is 29.9. The Balaban J connectivity index is 1.12. The van der Waals surface area contributed by atoms with Gasteiger partial charge in [-0.2, -0.15) is 13.2 Å². The number of pyridine rings is 1. The van der Waals surface area contributed by atoms with Crippen LogP contribution in [0, 0.1) is 5.92 Å². The summed E-state index contributed by atoms with van der Waals surface area (Å²) in [7, 11) is 0. The number of rotatable bonds is 8. The number of fused-ring (bicyclic) bond motifs is 1. The summed E-state index contributed by atoms with van der Waals surface area (Å²) in [6.45, 7) is 1.34. The number of ether oxygens (including phenoxy) is 1. The van der Waals surface area contributed by atoms with Crippen molar-refractivity contribution in [2.75, 3.05) is 18.0 Å². The number of aromatic carboxylic acids is 1. The lowest BCUT2D eigenvalue weighted by molar-refractivity contribution is -0.137. The highest BCUT2D eigenvalue weighted by Gasteiger charge is 2.37. The molecule has 11 heteroatoms. The molecule has 0 amide bonds. The van der Waals surface area contributed by atoms with Crippen molar-refractivity contribution in [1.82, 2.24) is 10.1 Å². The minimum atomic E-state index is -4.52. The third-order valence-electron chi connectivity index (χ3n) is 8.31. The molecule has 3 fully saturated rings. The summed E-state index contributed by atoms with van der Waals surface area (Å²) in [5, 5.41) is 14.2. The van der Waals surface area contributed by atoms with Crippen molar-refractivity contribution in [3.8, 4) is 17.0 Å². The molecule has 7 nitrogen and oxygen atoms in total. The van der Waals surface area contributed by atoms with Crippen LogP contribution in [0.4, 0.5) is 23.2 Å². The molecule has 0 unspecified atom stereocenters. The van der Waals surface area contributed by atoms with Gasteiger partial charge in [0.25, 0.3) is 0 Å². The number of alkyl halides is 4. The Morgan fingerprint density at radius 3 is 2.56 bits per heavy atom. The standard InChI is InChI=1S/C32H27F4N3O4/c33-19-11-21(12-19)42-28-14-27(31(40)41)37-26-10-8-20(13-24(26)28)39-15-17(16-39)5-9-23-29(38-43-30(23)18-6-7-18)22-3-1-2-4-25(22)32(34,35)36/h1-5,8-10,13-14,17-19,21H,6-7,11-12,15-16H2,(H,40,41)/b9-5+/t19-,21-. The van der Waals surface area contributed by atoms with E-state index in [2.05, 4.69) is 15.0 Å². The Morgan fingerprint density at radius 1 is 1.09 bits per heavy atom. The van der Waals surface area contributed by atoms with Crippen LogP contribution in [0.2, 0.25) is 0 Å². The summed E-state index contributed by atoms with van der Waals surface area (Å²) in [6, 6.07) is 12.3. The number of carboxylic acids is 1. The van der Waals surface area contributed by atoms with Crippen LogP contribution in [0.3, 0.4) is 0 Å². The third kappa shape index (κ3) is 5.32. The average molecular weight is 594 g/mol. The van der Waals surface area contributed by atoms with E-state index in [9.17, 15) is 27.5 Å². The highest BCUT2D eigenvalue weighted by Crippen LogP contribution is 2.46. The monoisotopic (exact) mass is 593 g/mol. The topological polar surface area (TPSA) is 88.7 Å². The third-order valence-corrected chi connectivity index (χ3v) is 8.31. The van der Waals surface area contributed by atoms with Gasteiger partial charge in [-0.15, -0.1) is 0 Å².